The van der Waals surface area contributed by atoms with Crippen LogP contribution in [0.15, 0.2) is 53.6 Å². The van der Waals surface area contributed by atoms with Gasteiger partial charge in [-0.1, -0.05) is 35.3 Å². The molecule has 6 rings (SSSR count). The van der Waals surface area contributed by atoms with Crippen LogP contribution in [0.1, 0.15) is 55.7 Å². The summed E-state index contributed by atoms with van der Waals surface area (Å²) in [6.45, 7) is 8.00. The van der Waals surface area contributed by atoms with E-state index in [-0.39, 0.29) is 11.1 Å². The summed E-state index contributed by atoms with van der Waals surface area (Å²) >= 11 is 14.4. The number of pyridine rings is 1. The molecule has 0 unspecified atom stereocenters. The van der Waals surface area contributed by atoms with Crippen LogP contribution in [0, 0.1) is 17.1 Å². The van der Waals surface area contributed by atoms with E-state index in [4.69, 9.17) is 23.2 Å². The predicted octanol–water partition coefficient (Wildman–Crippen LogP) is 7.62. The second-order valence-electron chi connectivity index (χ2n) is 10.6. The molecular weight excluding hydrogens is 620 g/mol. The van der Waals surface area contributed by atoms with Crippen molar-refractivity contribution >= 4 is 62.5 Å². The number of thiazole rings is 1. The van der Waals surface area contributed by atoms with E-state index in [9.17, 15) is 9.65 Å². The highest BCUT2D eigenvalue weighted by atomic mass is 35.5. The third kappa shape index (κ3) is 5.95. The molecule has 0 bridgehead atoms. The summed E-state index contributed by atoms with van der Waals surface area (Å²) in [6.07, 6.45) is 5.57. The van der Waals surface area contributed by atoms with Crippen LogP contribution in [0.4, 0.5) is 21.5 Å². The summed E-state index contributed by atoms with van der Waals surface area (Å²) in [5.74, 6) is -0.530. The lowest BCUT2D eigenvalue weighted by molar-refractivity contribution is 0.186. The minimum atomic E-state index is -0.530. The van der Waals surface area contributed by atoms with Crippen molar-refractivity contribution in [1.29, 1.82) is 5.26 Å². The van der Waals surface area contributed by atoms with Crippen molar-refractivity contribution in [3.8, 4) is 6.07 Å². The van der Waals surface area contributed by atoms with Gasteiger partial charge in [0.15, 0.2) is 0 Å². The zero-order chi connectivity index (χ0) is 30.8. The Balaban J connectivity index is 1.42. The fourth-order valence-electron chi connectivity index (χ4n) is 5.78. The molecule has 1 aliphatic heterocycles. The molecule has 13 heteroatoms. The lowest BCUT2D eigenvalue weighted by atomic mass is 10.0. The molecule has 0 aliphatic carbocycles. The molecule has 9 nitrogen and oxygen atoms in total. The molecule has 0 amide bonds. The van der Waals surface area contributed by atoms with E-state index >= 15 is 0 Å². The Bertz CT molecular complexity index is 1810. The molecule has 226 valence electrons. The summed E-state index contributed by atoms with van der Waals surface area (Å²) in [7, 11) is 0. The van der Waals surface area contributed by atoms with Gasteiger partial charge in [0, 0.05) is 48.0 Å². The Labute approximate surface area is 268 Å². The molecule has 1 aliphatic rings. The number of rotatable bonds is 9. The van der Waals surface area contributed by atoms with Crippen LogP contribution in [0.25, 0.3) is 10.9 Å². The third-order valence-corrected chi connectivity index (χ3v) is 9.30. The highest BCUT2D eigenvalue weighted by molar-refractivity contribution is 7.07. The van der Waals surface area contributed by atoms with Crippen LogP contribution in [0.5, 0.6) is 0 Å². The van der Waals surface area contributed by atoms with E-state index in [0.29, 0.717) is 45.5 Å². The van der Waals surface area contributed by atoms with Crippen LogP contribution in [-0.2, 0) is 0 Å². The van der Waals surface area contributed by atoms with Crippen molar-refractivity contribution in [2.75, 3.05) is 36.4 Å². The Morgan fingerprint density at radius 1 is 1.14 bits per heavy atom. The molecule has 1 N–H and O–H groups in total. The topological polar surface area (TPSA) is 98.8 Å². The van der Waals surface area contributed by atoms with E-state index in [0.717, 1.165) is 49.6 Å². The average Bonchev–Trinajstić information content (AvgIpc) is 3.75. The first-order valence-electron chi connectivity index (χ1n) is 14.4. The van der Waals surface area contributed by atoms with Gasteiger partial charge in [0.1, 0.15) is 23.6 Å². The minimum Gasteiger partial charge on any atom is -0.357 e. The molecule has 1 fully saturated rings. The molecule has 2 aromatic carbocycles. The average molecular weight is 651 g/mol. The van der Waals surface area contributed by atoms with Gasteiger partial charge in [-0.3, -0.25) is 4.98 Å². The van der Waals surface area contributed by atoms with Crippen LogP contribution >= 0.6 is 34.5 Å². The van der Waals surface area contributed by atoms with Crippen molar-refractivity contribution in [1.82, 2.24) is 29.9 Å². The number of nitriles is 1. The molecule has 4 heterocycles. The zero-order valence-electron chi connectivity index (χ0n) is 24.2. The van der Waals surface area contributed by atoms with Crippen molar-refractivity contribution in [3.05, 3.63) is 86.4 Å². The predicted molar refractivity (Wildman–Crippen MR) is 174 cm³/mol. The maximum Gasteiger partial charge on any atom is 0.141 e. The summed E-state index contributed by atoms with van der Waals surface area (Å²) in [6, 6.07) is 10.3. The lowest BCUT2D eigenvalue weighted by Crippen LogP contribution is -2.34. The second kappa shape index (κ2) is 13.0. The fraction of sp³-hybridized carbons (Fsp3) is 0.323. The van der Waals surface area contributed by atoms with E-state index in [1.807, 2.05) is 33.9 Å². The smallest absolute Gasteiger partial charge is 0.141 e. The molecule has 0 saturated carbocycles. The van der Waals surface area contributed by atoms with Crippen LogP contribution < -0.4 is 10.2 Å². The fourth-order valence-corrected chi connectivity index (χ4v) is 6.80. The van der Waals surface area contributed by atoms with Gasteiger partial charge in [0.2, 0.25) is 0 Å². The van der Waals surface area contributed by atoms with Crippen molar-refractivity contribution in [2.45, 2.75) is 38.8 Å². The number of hydrogen-bond acceptors (Lipinski definition) is 9. The molecule has 1 atom stereocenters. The standard InChI is InChI=1S/C31H30Cl2FN9S/c1-3-41-9-7-21(8-10-41)43-16-27(39-40-43)31(28-17-44-18-37-28)42(4-2)22-12-23-29(38-20-5-6-26(34)24(32)11-20)19(14-35)15-36-30(23)25(33)13-22/h5-6,11-13,15-18,21,31H,3-4,7-10H2,1-2H3,(H,36,38)/t31-/m1/s1. The van der Waals surface area contributed by atoms with Crippen LogP contribution in [0.2, 0.25) is 10.0 Å². The minimum absolute atomic E-state index is 0.0298. The normalized spacial score (nSPS) is 14.9. The number of hydrogen-bond donors (Lipinski definition) is 1. The third-order valence-electron chi connectivity index (χ3n) is 8.12. The van der Waals surface area contributed by atoms with Gasteiger partial charge in [0.25, 0.3) is 0 Å². The van der Waals surface area contributed by atoms with Crippen LogP contribution in [0.3, 0.4) is 0 Å². The van der Waals surface area contributed by atoms with Crippen molar-refractivity contribution < 1.29 is 4.39 Å². The van der Waals surface area contributed by atoms with E-state index in [1.54, 1.807) is 6.07 Å². The summed E-state index contributed by atoms with van der Waals surface area (Å²) in [5.41, 5.74) is 6.10. The summed E-state index contributed by atoms with van der Waals surface area (Å²) in [5, 5.41) is 25.5. The number of nitrogens with one attached hydrogen (secondary N) is 1. The van der Waals surface area contributed by atoms with E-state index < -0.39 is 5.82 Å². The van der Waals surface area contributed by atoms with Gasteiger partial charge in [-0.2, -0.15) is 5.26 Å². The maximum absolute atomic E-state index is 13.9. The first kappa shape index (κ1) is 30.2. The maximum atomic E-state index is 13.9. The Morgan fingerprint density at radius 3 is 2.64 bits per heavy atom. The molecule has 3 aromatic heterocycles. The van der Waals surface area contributed by atoms with Gasteiger partial charge < -0.3 is 15.1 Å². The molecule has 0 radical (unpaired) electrons. The van der Waals surface area contributed by atoms with Gasteiger partial charge >= 0.3 is 0 Å². The zero-order valence-corrected chi connectivity index (χ0v) is 26.5. The molecule has 5 aromatic rings. The van der Waals surface area contributed by atoms with Crippen molar-refractivity contribution in [3.63, 3.8) is 0 Å². The number of halogens is 3. The Kier molecular flexibility index (Phi) is 8.96. The Morgan fingerprint density at radius 2 is 1.95 bits per heavy atom. The highest BCUT2D eigenvalue weighted by Crippen LogP contribution is 2.40. The number of nitrogens with zero attached hydrogens (tertiary/aromatic N) is 8. The number of benzene rings is 2. The number of piperidine rings is 1. The monoisotopic (exact) mass is 649 g/mol. The van der Waals surface area contributed by atoms with Gasteiger partial charge in [-0.25, -0.2) is 14.1 Å². The van der Waals surface area contributed by atoms with E-state index in [2.05, 4.69) is 55.3 Å². The lowest BCUT2D eigenvalue weighted by Gasteiger charge is -2.32. The molecule has 0 spiro atoms. The second-order valence-corrected chi connectivity index (χ2v) is 12.2. The number of aromatic nitrogens is 5. The Hall–Kier alpha value is -3.82. The summed E-state index contributed by atoms with van der Waals surface area (Å²) < 4.78 is 15.9. The largest absolute Gasteiger partial charge is 0.357 e. The number of fused-ring (bicyclic) bond motifs is 1. The van der Waals surface area contributed by atoms with Gasteiger partial charge in [-0.05, 0) is 56.6 Å². The molecular formula is C31H30Cl2FN9S. The quantitative estimate of drug-likeness (QED) is 0.174. The first-order valence-corrected chi connectivity index (χ1v) is 16.1. The number of anilines is 3. The number of likely N-dealkylation sites (tertiary alicyclic amines) is 1. The molecule has 44 heavy (non-hydrogen) atoms. The highest BCUT2D eigenvalue weighted by Gasteiger charge is 2.29. The van der Waals surface area contributed by atoms with Gasteiger partial charge in [0.05, 0.1) is 50.3 Å². The van der Waals surface area contributed by atoms with Crippen molar-refractivity contribution in [2.24, 2.45) is 0 Å². The summed E-state index contributed by atoms with van der Waals surface area (Å²) in [4.78, 5) is 13.8. The molecule has 1 saturated heterocycles. The van der Waals surface area contributed by atoms with Crippen LogP contribution in [-0.4, -0.2) is 56.0 Å². The van der Waals surface area contributed by atoms with Gasteiger partial charge in [-0.15, -0.1) is 16.4 Å². The first-order chi connectivity index (χ1) is 21.4. The van der Waals surface area contributed by atoms with E-state index in [1.165, 1.54) is 29.7 Å². The SMILES string of the molecule is CCN1CCC(n2cc([C@H](c3cscn3)N(CC)c3cc(Cl)c4ncc(C#N)c(Nc5ccc(F)c(Cl)c5)c4c3)nn2)CC1.